The van der Waals surface area contributed by atoms with Gasteiger partial charge in [-0.25, -0.2) is 0 Å². The van der Waals surface area contributed by atoms with Crippen LogP contribution >= 0.6 is 0 Å². The molecule has 19 heavy (non-hydrogen) atoms. The molecule has 0 fully saturated rings. The molecular formula is C15H26O3Si. The monoisotopic (exact) mass is 282 g/mol. The van der Waals surface area contributed by atoms with Gasteiger partial charge in [0.25, 0.3) is 0 Å². The first-order valence-electron chi connectivity index (χ1n) is 6.25. The van der Waals surface area contributed by atoms with Gasteiger partial charge in [-0.2, -0.15) is 0 Å². The highest BCUT2D eigenvalue weighted by Gasteiger charge is 1.75. The van der Waals surface area contributed by atoms with Crippen LogP contribution in [0.25, 0.3) is 0 Å². The van der Waals surface area contributed by atoms with Crippen molar-refractivity contribution in [1.29, 1.82) is 0 Å². The molecular weight excluding hydrogens is 256 g/mol. The van der Waals surface area contributed by atoms with E-state index in [9.17, 15) is 14.4 Å². The molecule has 108 valence electrons. The Morgan fingerprint density at radius 1 is 0.789 bits per heavy atom. The van der Waals surface area contributed by atoms with Crippen molar-refractivity contribution in [2.75, 3.05) is 0 Å². The van der Waals surface area contributed by atoms with Crippen molar-refractivity contribution < 1.29 is 14.4 Å². The number of hydrogen-bond donors (Lipinski definition) is 0. The Morgan fingerprint density at radius 3 is 1.16 bits per heavy atom. The zero-order valence-corrected chi connectivity index (χ0v) is 14.9. The third-order valence-electron chi connectivity index (χ3n) is 1.39. The summed E-state index contributed by atoms with van der Waals surface area (Å²) < 4.78 is 0. The number of ketones is 3. The van der Waals surface area contributed by atoms with Crippen molar-refractivity contribution in [2.45, 2.75) is 40.7 Å². The lowest BCUT2D eigenvalue weighted by molar-refractivity contribution is -0.113. The summed E-state index contributed by atoms with van der Waals surface area (Å²) in [7, 11) is 1.16. The van der Waals surface area contributed by atoms with E-state index >= 15 is 0 Å². The highest BCUT2D eigenvalue weighted by atomic mass is 28.1. The SMILES string of the molecule is CC(=O)C=CC[SiH3].CC=CC(C)=O.CC=CC(C)=O. The largest absolute Gasteiger partial charge is 0.295 e. The van der Waals surface area contributed by atoms with E-state index in [4.69, 9.17) is 0 Å². The molecule has 0 saturated heterocycles. The highest BCUT2D eigenvalue weighted by molar-refractivity contribution is 6.10. The molecule has 0 aliphatic rings. The van der Waals surface area contributed by atoms with Gasteiger partial charge in [-0.1, -0.05) is 18.2 Å². The summed E-state index contributed by atoms with van der Waals surface area (Å²) in [6, 6.07) is 1.08. The molecule has 0 aliphatic heterocycles. The second kappa shape index (κ2) is 18.8. The molecule has 0 N–H and O–H groups in total. The van der Waals surface area contributed by atoms with E-state index in [1.165, 1.54) is 26.0 Å². The topological polar surface area (TPSA) is 51.2 Å². The summed E-state index contributed by atoms with van der Waals surface area (Å²) in [5.74, 6) is 0.367. The molecule has 0 aliphatic carbocycles. The summed E-state index contributed by atoms with van der Waals surface area (Å²) in [5, 5.41) is 0. The van der Waals surface area contributed by atoms with Gasteiger partial charge in [-0.3, -0.25) is 14.4 Å². The summed E-state index contributed by atoms with van der Waals surface area (Å²) >= 11 is 0. The number of rotatable bonds is 4. The molecule has 0 bridgehead atoms. The van der Waals surface area contributed by atoms with E-state index in [-0.39, 0.29) is 17.3 Å². The van der Waals surface area contributed by atoms with Crippen LogP contribution in [-0.2, 0) is 14.4 Å². The number of carbonyl (C=O) groups is 3. The fraction of sp³-hybridized carbons (Fsp3) is 0.400. The molecule has 4 heteroatoms. The maximum absolute atomic E-state index is 10.1. The van der Waals surface area contributed by atoms with Crippen LogP contribution in [0.15, 0.2) is 36.5 Å². The maximum atomic E-state index is 10.1. The van der Waals surface area contributed by atoms with Crippen LogP contribution in [0.5, 0.6) is 0 Å². The third kappa shape index (κ3) is 48.1. The molecule has 0 rings (SSSR count). The maximum Gasteiger partial charge on any atom is 0.152 e. The van der Waals surface area contributed by atoms with Crippen molar-refractivity contribution in [3.63, 3.8) is 0 Å². The minimum absolute atomic E-state index is 0.109. The Labute approximate surface area is 119 Å². The van der Waals surface area contributed by atoms with Crippen LogP contribution < -0.4 is 0 Å². The number of carbonyl (C=O) groups excluding carboxylic acids is 3. The summed E-state index contributed by atoms with van der Waals surface area (Å²) in [4.78, 5) is 30.0. The van der Waals surface area contributed by atoms with Gasteiger partial charge in [-0.15, -0.1) is 0 Å². The van der Waals surface area contributed by atoms with Gasteiger partial charge in [0, 0.05) is 10.2 Å². The van der Waals surface area contributed by atoms with Gasteiger partial charge in [0.15, 0.2) is 17.3 Å². The first-order valence-corrected chi connectivity index (χ1v) is 7.66. The number of allylic oxidation sites excluding steroid dienone is 6. The second-order valence-corrected chi connectivity index (χ2v) is 4.46. The third-order valence-corrected chi connectivity index (χ3v) is 1.86. The first kappa shape index (κ1) is 22.6. The predicted molar refractivity (Wildman–Crippen MR) is 85.6 cm³/mol. The lowest BCUT2D eigenvalue weighted by Gasteiger charge is -1.73. The smallest absolute Gasteiger partial charge is 0.152 e. The van der Waals surface area contributed by atoms with Crippen LogP contribution in [0.4, 0.5) is 0 Å². The van der Waals surface area contributed by atoms with E-state index in [2.05, 4.69) is 0 Å². The molecule has 0 aromatic carbocycles. The molecule has 0 saturated carbocycles. The quantitative estimate of drug-likeness (QED) is 0.587. The minimum atomic E-state index is 0.109. The van der Waals surface area contributed by atoms with Crippen LogP contribution in [0.3, 0.4) is 0 Å². The molecule has 0 atom stereocenters. The van der Waals surface area contributed by atoms with E-state index in [1.54, 1.807) is 25.2 Å². The lowest BCUT2D eigenvalue weighted by atomic mass is 10.4. The predicted octanol–water partition coefficient (Wildman–Crippen LogP) is 2.22. The van der Waals surface area contributed by atoms with Crippen LogP contribution in [0.2, 0.25) is 6.04 Å². The molecule has 0 aromatic rings. The lowest BCUT2D eigenvalue weighted by Crippen LogP contribution is -1.78. The standard InChI is InChI=1S/C5H10OSi.2C5H8O/c1-5(6)3-2-4-7;2*1-3-4-5(2)6/h2-3H,4H2,1,7H3;2*3-4H,1-2H3. The van der Waals surface area contributed by atoms with Gasteiger partial charge in [0.05, 0.1) is 0 Å². The summed E-state index contributed by atoms with van der Waals surface area (Å²) in [6.07, 6.45) is 10.0. The van der Waals surface area contributed by atoms with Crippen LogP contribution in [-0.4, -0.2) is 27.6 Å². The van der Waals surface area contributed by atoms with Gasteiger partial charge >= 0.3 is 0 Å². The molecule has 3 nitrogen and oxygen atoms in total. The zero-order valence-electron chi connectivity index (χ0n) is 12.9. The second-order valence-electron chi connectivity index (χ2n) is 3.64. The van der Waals surface area contributed by atoms with Crippen molar-refractivity contribution in [3.8, 4) is 0 Å². The van der Waals surface area contributed by atoms with Crippen LogP contribution in [0, 0.1) is 0 Å². The Hall–Kier alpha value is -1.55. The molecule has 0 aromatic heterocycles. The normalized spacial score (nSPS) is 9.95. The fourth-order valence-corrected chi connectivity index (χ4v) is 0.989. The average molecular weight is 282 g/mol. The van der Waals surface area contributed by atoms with Gasteiger partial charge in [-0.05, 0) is 58.9 Å². The minimum Gasteiger partial charge on any atom is -0.295 e. The molecule has 0 spiro atoms. The fourth-order valence-electron chi connectivity index (χ4n) is 0.753. The summed E-state index contributed by atoms with van der Waals surface area (Å²) in [6.45, 7) is 8.26. The molecule has 0 radical (unpaired) electrons. The van der Waals surface area contributed by atoms with Gasteiger partial charge in [0.2, 0.25) is 0 Å². The Kier molecular flexibility index (Phi) is 22.4. The molecule has 0 unspecified atom stereocenters. The van der Waals surface area contributed by atoms with E-state index in [1.807, 2.05) is 19.9 Å². The first-order chi connectivity index (χ1) is 8.81. The molecule has 0 amide bonds. The van der Waals surface area contributed by atoms with Crippen molar-refractivity contribution in [1.82, 2.24) is 0 Å². The van der Waals surface area contributed by atoms with Crippen molar-refractivity contribution in [3.05, 3.63) is 36.5 Å². The average Bonchev–Trinajstić information content (AvgIpc) is 2.27. The van der Waals surface area contributed by atoms with Gasteiger partial charge < -0.3 is 0 Å². The van der Waals surface area contributed by atoms with Gasteiger partial charge in [0.1, 0.15) is 0 Å². The van der Waals surface area contributed by atoms with Crippen molar-refractivity contribution in [2.24, 2.45) is 0 Å². The Morgan fingerprint density at radius 2 is 1.11 bits per heavy atom. The Balaban J connectivity index is -0.000000203. The molecule has 0 heterocycles. The van der Waals surface area contributed by atoms with E-state index < -0.39 is 0 Å². The number of hydrogen-bond acceptors (Lipinski definition) is 3. The zero-order chi connectivity index (χ0) is 15.7. The van der Waals surface area contributed by atoms with Crippen LogP contribution in [0.1, 0.15) is 34.6 Å². The summed E-state index contributed by atoms with van der Waals surface area (Å²) in [5.41, 5.74) is 0. The van der Waals surface area contributed by atoms with Crippen molar-refractivity contribution >= 4 is 27.6 Å². The highest BCUT2D eigenvalue weighted by Crippen LogP contribution is 1.76. The van der Waals surface area contributed by atoms with E-state index in [0.717, 1.165) is 16.3 Å². The van der Waals surface area contributed by atoms with E-state index in [0.29, 0.717) is 0 Å². The Bertz CT molecular complexity index is 317.